The predicted molar refractivity (Wildman–Crippen MR) is 75.5 cm³/mol. The molecule has 3 saturated heterocycles. The highest BCUT2D eigenvalue weighted by Gasteiger charge is 2.33. The number of nitrogens with zero attached hydrogens (tertiary/aromatic N) is 1. The van der Waals surface area contributed by atoms with E-state index >= 15 is 0 Å². The molecule has 1 aromatic rings. The molecule has 5 heteroatoms. The molecule has 1 unspecified atom stereocenters. The maximum Gasteiger partial charge on any atom is 0.308 e. The molecule has 2 N–H and O–H groups in total. The Hall–Kier alpha value is -0.910. The van der Waals surface area contributed by atoms with Gasteiger partial charge in [-0.05, 0) is 44.0 Å². The van der Waals surface area contributed by atoms with E-state index in [0.29, 0.717) is 6.04 Å². The predicted octanol–water partition coefficient (Wildman–Crippen LogP) is 1.56. The van der Waals surface area contributed by atoms with E-state index in [1.165, 1.54) is 37.4 Å². The molecule has 3 fully saturated rings. The quantitative estimate of drug-likeness (QED) is 0.859. The molecule has 0 spiro atoms. The zero-order valence-corrected chi connectivity index (χ0v) is 11.8. The standard InChI is InChI=1S/C14H20N2O2S/c17-14(18)7-11-1-2-12(19-11)8-15-13-9-16-5-3-10(13)4-6-16/h1-2,10,13,15H,3-9H2,(H,17,18). The summed E-state index contributed by atoms with van der Waals surface area (Å²) >= 11 is 1.61. The highest BCUT2D eigenvalue weighted by Crippen LogP contribution is 2.28. The molecule has 19 heavy (non-hydrogen) atoms. The van der Waals surface area contributed by atoms with Crippen molar-refractivity contribution in [3.63, 3.8) is 0 Å². The van der Waals surface area contributed by atoms with Crippen LogP contribution in [0, 0.1) is 5.92 Å². The zero-order valence-electron chi connectivity index (χ0n) is 11.0. The average molecular weight is 280 g/mol. The second-order valence-electron chi connectivity index (χ2n) is 5.56. The van der Waals surface area contributed by atoms with Crippen molar-refractivity contribution in [3.8, 4) is 0 Å². The van der Waals surface area contributed by atoms with Crippen LogP contribution >= 0.6 is 11.3 Å². The minimum atomic E-state index is -0.751. The molecule has 0 radical (unpaired) electrons. The number of carbonyl (C=O) groups is 1. The van der Waals surface area contributed by atoms with Crippen LogP contribution in [0.1, 0.15) is 22.6 Å². The fraction of sp³-hybridized carbons (Fsp3) is 0.643. The summed E-state index contributed by atoms with van der Waals surface area (Å²) in [5.74, 6) is 0.0854. The number of fused-ring (bicyclic) bond motifs is 3. The summed E-state index contributed by atoms with van der Waals surface area (Å²) in [5.41, 5.74) is 0. The molecule has 0 aromatic carbocycles. The Morgan fingerprint density at radius 1 is 1.37 bits per heavy atom. The largest absolute Gasteiger partial charge is 0.481 e. The lowest BCUT2D eigenvalue weighted by molar-refractivity contribution is -0.136. The number of nitrogens with one attached hydrogen (secondary N) is 1. The van der Waals surface area contributed by atoms with Gasteiger partial charge >= 0.3 is 5.97 Å². The van der Waals surface area contributed by atoms with E-state index in [0.717, 1.165) is 17.3 Å². The van der Waals surface area contributed by atoms with Crippen LogP contribution in [0.3, 0.4) is 0 Å². The molecule has 0 saturated carbocycles. The minimum absolute atomic E-state index is 0.143. The normalized spacial score (nSPS) is 29.6. The van der Waals surface area contributed by atoms with Crippen molar-refractivity contribution >= 4 is 17.3 Å². The minimum Gasteiger partial charge on any atom is -0.481 e. The Balaban J connectivity index is 1.52. The second kappa shape index (κ2) is 5.61. The molecule has 1 atom stereocenters. The van der Waals surface area contributed by atoms with E-state index in [4.69, 9.17) is 5.11 Å². The van der Waals surface area contributed by atoms with Gasteiger partial charge in [-0.2, -0.15) is 0 Å². The van der Waals surface area contributed by atoms with Crippen LogP contribution in [0.4, 0.5) is 0 Å². The zero-order chi connectivity index (χ0) is 13.2. The first-order valence-corrected chi connectivity index (χ1v) is 7.77. The lowest BCUT2D eigenvalue weighted by Gasteiger charge is -2.45. The summed E-state index contributed by atoms with van der Waals surface area (Å²) < 4.78 is 0. The maximum absolute atomic E-state index is 10.7. The Morgan fingerprint density at radius 3 is 2.74 bits per heavy atom. The molecule has 1 aromatic heterocycles. The van der Waals surface area contributed by atoms with Crippen LogP contribution in [0.15, 0.2) is 12.1 Å². The Kier molecular flexibility index (Phi) is 3.86. The first-order valence-electron chi connectivity index (χ1n) is 6.96. The summed E-state index contributed by atoms with van der Waals surface area (Å²) in [6, 6.07) is 4.61. The molecule has 104 valence electrons. The molecule has 2 bridgehead atoms. The Bertz CT molecular complexity index is 452. The number of thiophene rings is 1. The van der Waals surface area contributed by atoms with Crippen LogP contribution in [0.5, 0.6) is 0 Å². The summed E-state index contributed by atoms with van der Waals surface area (Å²) in [4.78, 5) is 15.4. The fourth-order valence-corrected chi connectivity index (χ4v) is 4.15. The first kappa shape index (κ1) is 13.1. The van der Waals surface area contributed by atoms with Crippen LogP contribution in [-0.2, 0) is 17.8 Å². The SMILES string of the molecule is O=C(O)Cc1ccc(CNC2CN3CCC2CC3)s1. The van der Waals surface area contributed by atoms with Crippen LogP contribution in [0.25, 0.3) is 0 Å². The van der Waals surface area contributed by atoms with Gasteiger partial charge in [-0.1, -0.05) is 0 Å². The van der Waals surface area contributed by atoms with Crippen molar-refractivity contribution in [2.24, 2.45) is 5.92 Å². The number of piperidine rings is 3. The smallest absolute Gasteiger partial charge is 0.308 e. The Morgan fingerprint density at radius 2 is 2.11 bits per heavy atom. The number of hydrogen-bond donors (Lipinski definition) is 2. The lowest BCUT2D eigenvalue weighted by atomic mass is 9.84. The van der Waals surface area contributed by atoms with E-state index in [1.807, 2.05) is 6.07 Å². The van der Waals surface area contributed by atoms with Crippen LogP contribution in [0.2, 0.25) is 0 Å². The van der Waals surface area contributed by atoms with E-state index in [1.54, 1.807) is 11.3 Å². The fourth-order valence-electron chi connectivity index (χ4n) is 3.19. The topological polar surface area (TPSA) is 52.6 Å². The van der Waals surface area contributed by atoms with Gasteiger partial charge < -0.3 is 15.3 Å². The first-order chi connectivity index (χ1) is 9.20. The summed E-state index contributed by atoms with van der Waals surface area (Å²) in [7, 11) is 0. The Labute approximate surface area is 117 Å². The molecule has 3 aliphatic rings. The number of aliphatic carboxylic acids is 1. The molecule has 0 amide bonds. The van der Waals surface area contributed by atoms with Crippen molar-refractivity contribution < 1.29 is 9.90 Å². The van der Waals surface area contributed by atoms with Gasteiger partial charge in [-0.3, -0.25) is 4.79 Å². The number of hydrogen-bond acceptors (Lipinski definition) is 4. The number of carboxylic acids is 1. The third-order valence-electron chi connectivity index (χ3n) is 4.24. The maximum atomic E-state index is 10.7. The third-order valence-corrected chi connectivity index (χ3v) is 5.32. The summed E-state index contributed by atoms with van der Waals surface area (Å²) in [5, 5.41) is 12.4. The number of rotatable bonds is 5. The molecule has 0 aliphatic carbocycles. The van der Waals surface area contributed by atoms with Gasteiger partial charge in [0.1, 0.15) is 0 Å². The third kappa shape index (κ3) is 3.16. The van der Waals surface area contributed by atoms with Crippen molar-refractivity contribution in [3.05, 3.63) is 21.9 Å². The molecular weight excluding hydrogens is 260 g/mol. The summed E-state index contributed by atoms with van der Waals surface area (Å²) in [6.45, 7) is 4.59. The molecule has 4 nitrogen and oxygen atoms in total. The van der Waals surface area contributed by atoms with E-state index in [9.17, 15) is 4.79 Å². The van der Waals surface area contributed by atoms with Crippen molar-refractivity contribution in [2.75, 3.05) is 19.6 Å². The van der Waals surface area contributed by atoms with Gasteiger partial charge in [0.05, 0.1) is 6.42 Å². The van der Waals surface area contributed by atoms with Crippen molar-refractivity contribution in [1.29, 1.82) is 0 Å². The van der Waals surface area contributed by atoms with Gasteiger partial charge in [0.15, 0.2) is 0 Å². The van der Waals surface area contributed by atoms with Crippen LogP contribution < -0.4 is 5.32 Å². The summed E-state index contributed by atoms with van der Waals surface area (Å²) in [6.07, 6.45) is 2.79. The molecular formula is C14H20N2O2S. The van der Waals surface area contributed by atoms with Gasteiger partial charge in [0.25, 0.3) is 0 Å². The van der Waals surface area contributed by atoms with E-state index in [2.05, 4.69) is 16.3 Å². The second-order valence-corrected chi connectivity index (χ2v) is 6.82. The van der Waals surface area contributed by atoms with Crippen molar-refractivity contribution in [2.45, 2.75) is 31.8 Å². The highest BCUT2D eigenvalue weighted by atomic mass is 32.1. The lowest BCUT2D eigenvalue weighted by Crippen LogP contribution is -2.55. The average Bonchev–Trinajstić information content (AvgIpc) is 2.84. The number of carboxylic acid groups (broad SMARTS) is 1. The molecule has 4 heterocycles. The highest BCUT2D eigenvalue weighted by molar-refractivity contribution is 7.12. The van der Waals surface area contributed by atoms with Gasteiger partial charge in [-0.25, -0.2) is 0 Å². The van der Waals surface area contributed by atoms with E-state index in [-0.39, 0.29) is 6.42 Å². The molecule has 3 aliphatic heterocycles. The van der Waals surface area contributed by atoms with Crippen molar-refractivity contribution in [1.82, 2.24) is 10.2 Å². The van der Waals surface area contributed by atoms with E-state index < -0.39 is 5.97 Å². The monoisotopic (exact) mass is 280 g/mol. The van der Waals surface area contributed by atoms with Gasteiger partial charge in [0.2, 0.25) is 0 Å². The van der Waals surface area contributed by atoms with Gasteiger partial charge in [0, 0.05) is 28.9 Å². The van der Waals surface area contributed by atoms with Gasteiger partial charge in [-0.15, -0.1) is 11.3 Å². The molecule has 4 rings (SSSR count). The van der Waals surface area contributed by atoms with Crippen LogP contribution in [-0.4, -0.2) is 41.7 Å².